The molecule has 2 heteroatoms. The lowest BCUT2D eigenvalue weighted by Gasteiger charge is -2.49. The van der Waals surface area contributed by atoms with Crippen molar-refractivity contribution in [3.8, 4) is 12.3 Å². The highest BCUT2D eigenvalue weighted by atomic mass is 28.4. The Labute approximate surface area is 138 Å². The van der Waals surface area contributed by atoms with Gasteiger partial charge in [-0.2, -0.15) is 0 Å². The van der Waals surface area contributed by atoms with E-state index in [9.17, 15) is 0 Å². The average Bonchev–Trinajstić information content (AvgIpc) is 3.03. The second-order valence-corrected chi connectivity index (χ2v) is 14.7. The molecule has 1 nitrogen and oxygen atoms in total. The number of rotatable bonds is 2. The first-order valence-electron chi connectivity index (χ1n) is 9.21. The van der Waals surface area contributed by atoms with Crippen molar-refractivity contribution < 1.29 is 4.43 Å². The molecule has 0 aromatic heterocycles. The van der Waals surface area contributed by atoms with Crippen molar-refractivity contribution in [1.82, 2.24) is 0 Å². The predicted octanol–water partition coefficient (Wildman–Crippen LogP) is 5.62. The quantitative estimate of drug-likeness (QED) is 0.474. The molecule has 0 bridgehead atoms. The van der Waals surface area contributed by atoms with E-state index in [0.717, 1.165) is 5.92 Å². The first kappa shape index (κ1) is 16.6. The van der Waals surface area contributed by atoms with Crippen LogP contribution in [-0.4, -0.2) is 14.4 Å². The highest BCUT2D eigenvalue weighted by molar-refractivity contribution is 6.74. The third-order valence-electron chi connectivity index (χ3n) is 8.02. The Morgan fingerprint density at radius 3 is 2.41 bits per heavy atom. The summed E-state index contributed by atoms with van der Waals surface area (Å²) in [5.41, 5.74) is 0.914. The minimum atomic E-state index is -1.68. The van der Waals surface area contributed by atoms with Crippen molar-refractivity contribution >= 4 is 8.32 Å². The first-order chi connectivity index (χ1) is 10.1. The molecule has 0 amide bonds. The maximum Gasteiger partial charge on any atom is 0.192 e. The maximum atomic E-state index is 6.90. The molecule has 3 aliphatic carbocycles. The molecule has 3 rings (SSSR count). The van der Waals surface area contributed by atoms with Crippen LogP contribution in [0.4, 0.5) is 0 Å². The van der Waals surface area contributed by atoms with Gasteiger partial charge in [-0.1, -0.05) is 34.1 Å². The molecule has 124 valence electrons. The lowest BCUT2D eigenvalue weighted by molar-refractivity contribution is -0.0184. The van der Waals surface area contributed by atoms with Crippen LogP contribution in [0.5, 0.6) is 0 Å². The van der Waals surface area contributed by atoms with Gasteiger partial charge in [0.05, 0.1) is 0 Å². The van der Waals surface area contributed by atoms with Crippen molar-refractivity contribution in [3.05, 3.63) is 0 Å². The molecule has 1 spiro atoms. The van der Waals surface area contributed by atoms with Gasteiger partial charge in [-0.15, -0.1) is 12.3 Å². The standard InChI is InChI=1S/C20H34OSi/c1-8-15-14-20(15)13-11-16-17(10-9-12-19(16,20)5)21-22(6,7)18(2,3)4/h1,15-17H,9-14H2,2-7H3/t15-,16+,17+,19+,20+/m1/s1. The molecular formula is C20H34OSi. The van der Waals surface area contributed by atoms with Crippen LogP contribution in [0, 0.1) is 35.0 Å². The molecule has 3 saturated carbocycles. The molecule has 0 heterocycles. The Kier molecular flexibility index (Phi) is 3.67. The Bertz CT molecular complexity index is 497. The zero-order valence-corrected chi connectivity index (χ0v) is 16.5. The summed E-state index contributed by atoms with van der Waals surface area (Å²) in [6, 6.07) is 0. The lowest BCUT2D eigenvalue weighted by atomic mass is 9.62. The van der Waals surface area contributed by atoms with Crippen molar-refractivity contribution in [2.24, 2.45) is 22.7 Å². The van der Waals surface area contributed by atoms with E-state index in [0.29, 0.717) is 27.9 Å². The van der Waals surface area contributed by atoms with Gasteiger partial charge in [0, 0.05) is 12.0 Å². The lowest BCUT2D eigenvalue weighted by Crippen LogP contribution is -2.50. The maximum absolute atomic E-state index is 6.90. The van der Waals surface area contributed by atoms with E-state index >= 15 is 0 Å². The molecule has 0 aliphatic heterocycles. The topological polar surface area (TPSA) is 9.23 Å². The summed E-state index contributed by atoms with van der Waals surface area (Å²) in [6.07, 6.45) is 14.2. The Balaban J connectivity index is 1.81. The monoisotopic (exact) mass is 318 g/mol. The smallest absolute Gasteiger partial charge is 0.192 e. The molecule has 0 radical (unpaired) electrons. The normalized spacial score (nSPS) is 44.7. The zero-order chi connectivity index (χ0) is 16.4. The van der Waals surface area contributed by atoms with Gasteiger partial charge in [-0.3, -0.25) is 0 Å². The third-order valence-corrected chi connectivity index (χ3v) is 12.5. The summed E-state index contributed by atoms with van der Waals surface area (Å²) in [5.74, 6) is 4.38. The SMILES string of the molecule is C#C[C@@H]1C[C@@]12CC[C@H]1[C@@H](O[Si](C)(C)C(C)(C)C)CCC[C@@]12C. The Morgan fingerprint density at radius 2 is 1.86 bits per heavy atom. The molecular weight excluding hydrogens is 284 g/mol. The van der Waals surface area contributed by atoms with Gasteiger partial charge in [-0.25, -0.2) is 0 Å². The van der Waals surface area contributed by atoms with Gasteiger partial charge in [0.2, 0.25) is 0 Å². The second-order valence-electron chi connectivity index (χ2n) is 9.95. The van der Waals surface area contributed by atoms with Gasteiger partial charge in [0.25, 0.3) is 0 Å². The number of hydrogen-bond acceptors (Lipinski definition) is 1. The first-order valence-corrected chi connectivity index (χ1v) is 12.1. The van der Waals surface area contributed by atoms with Crippen LogP contribution in [-0.2, 0) is 4.43 Å². The van der Waals surface area contributed by atoms with Crippen molar-refractivity contribution in [2.45, 2.75) is 90.5 Å². The third kappa shape index (κ3) is 2.15. The average molecular weight is 319 g/mol. The predicted molar refractivity (Wildman–Crippen MR) is 96.1 cm³/mol. The number of fused-ring (bicyclic) bond motifs is 2. The van der Waals surface area contributed by atoms with Crippen LogP contribution in [0.3, 0.4) is 0 Å². The van der Waals surface area contributed by atoms with E-state index in [4.69, 9.17) is 10.8 Å². The van der Waals surface area contributed by atoms with E-state index in [1.54, 1.807) is 0 Å². The molecule has 0 aromatic rings. The van der Waals surface area contributed by atoms with E-state index in [1.165, 1.54) is 38.5 Å². The number of terminal acetylenes is 1. The molecule has 0 N–H and O–H groups in total. The van der Waals surface area contributed by atoms with Crippen LogP contribution in [0.15, 0.2) is 0 Å². The van der Waals surface area contributed by atoms with Gasteiger partial charge >= 0.3 is 0 Å². The molecule has 22 heavy (non-hydrogen) atoms. The summed E-state index contributed by atoms with van der Waals surface area (Å²) in [5, 5.41) is 0.304. The highest BCUT2D eigenvalue weighted by Crippen LogP contribution is 2.76. The summed E-state index contributed by atoms with van der Waals surface area (Å²) >= 11 is 0. The fourth-order valence-corrected chi connectivity index (χ4v) is 6.81. The summed E-state index contributed by atoms with van der Waals surface area (Å²) < 4.78 is 6.90. The van der Waals surface area contributed by atoms with E-state index in [-0.39, 0.29) is 0 Å². The molecule has 0 unspecified atom stereocenters. The van der Waals surface area contributed by atoms with Crippen molar-refractivity contribution in [1.29, 1.82) is 0 Å². The molecule has 0 saturated heterocycles. The molecule has 0 aromatic carbocycles. The van der Waals surface area contributed by atoms with Crippen molar-refractivity contribution in [2.75, 3.05) is 0 Å². The minimum Gasteiger partial charge on any atom is -0.414 e. The molecule has 3 fully saturated rings. The van der Waals surface area contributed by atoms with Crippen LogP contribution in [0.1, 0.15) is 66.2 Å². The largest absolute Gasteiger partial charge is 0.414 e. The van der Waals surface area contributed by atoms with Gasteiger partial charge in [0.15, 0.2) is 8.32 Å². The summed E-state index contributed by atoms with van der Waals surface area (Å²) in [4.78, 5) is 0. The van der Waals surface area contributed by atoms with Gasteiger partial charge in [-0.05, 0) is 67.0 Å². The Hall–Kier alpha value is -0.263. The fraction of sp³-hybridized carbons (Fsp3) is 0.900. The van der Waals surface area contributed by atoms with Crippen LogP contribution in [0.2, 0.25) is 18.1 Å². The van der Waals surface area contributed by atoms with E-state index in [2.05, 4.69) is 46.7 Å². The van der Waals surface area contributed by atoms with Gasteiger partial charge < -0.3 is 4.43 Å². The Morgan fingerprint density at radius 1 is 1.18 bits per heavy atom. The van der Waals surface area contributed by atoms with Gasteiger partial charge in [0.1, 0.15) is 0 Å². The summed E-state index contributed by atoms with van der Waals surface area (Å²) in [7, 11) is -1.68. The zero-order valence-electron chi connectivity index (χ0n) is 15.5. The number of hydrogen-bond donors (Lipinski definition) is 0. The highest BCUT2D eigenvalue weighted by Gasteiger charge is 2.70. The fourth-order valence-electron chi connectivity index (χ4n) is 5.42. The van der Waals surface area contributed by atoms with E-state index in [1.807, 2.05) is 0 Å². The van der Waals surface area contributed by atoms with Crippen LogP contribution >= 0.6 is 0 Å². The van der Waals surface area contributed by atoms with E-state index < -0.39 is 8.32 Å². The molecule has 3 aliphatic rings. The minimum absolute atomic E-state index is 0.304. The van der Waals surface area contributed by atoms with Crippen molar-refractivity contribution in [3.63, 3.8) is 0 Å². The van der Waals surface area contributed by atoms with Crippen LogP contribution in [0.25, 0.3) is 0 Å². The molecule has 5 atom stereocenters. The summed E-state index contributed by atoms with van der Waals surface area (Å²) in [6.45, 7) is 14.4. The second kappa shape index (κ2) is 4.87. The van der Waals surface area contributed by atoms with Crippen LogP contribution < -0.4 is 0 Å².